The molecule has 72 valence electrons. The van der Waals surface area contributed by atoms with Crippen LogP contribution in [0, 0.1) is 13.8 Å². The molecule has 0 saturated heterocycles. The highest BCUT2D eigenvalue weighted by Gasteiger charge is 2.08. The van der Waals surface area contributed by atoms with E-state index >= 15 is 0 Å². The monoisotopic (exact) mass is 269 g/mol. The van der Waals surface area contributed by atoms with Crippen molar-refractivity contribution in [3.05, 3.63) is 28.3 Å². The summed E-state index contributed by atoms with van der Waals surface area (Å²) in [4.78, 5) is 8.64. The summed E-state index contributed by atoms with van der Waals surface area (Å²) in [5.74, 6) is 0. The molecule has 0 aliphatic rings. The molecule has 0 saturated carbocycles. The zero-order valence-electron chi connectivity index (χ0n) is 7.78. The number of hydrogen-bond donors (Lipinski definition) is 0. The van der Waals surface area contributed by atoms with Gasteiger partial charge in [-0.05, 0) is 53.4 Å². The second-order valence-corrected chi connectivity index (χ2v) is 4.42. The molecule has 3 nitrogen and oxygen atoms in total. The van der Waals surface area contributed by atoms with Crippen molar-refractivity contribution in [1.29, 1.82) is 0 Å². The average Bonchev–Trinajstić information content (AvgIpc) is 2.51. The number of nitrogens with zero attached hydrogens (tertiary/aromatic N) is 3. The first-order valence-electron chi connectivity index (χ1n) is 4.10. The number of hydrogen-bond acceptors (Lipinski definition) is 4. The van der Waals surface area contributed by atoms with Crippen molar-refractivity contribution in [2.24, 2.45) is 0 Å². The van der Waals surface area contributed by atoms with Gasteiger partial charge in [-0.1, -0.05) is 0 Å². The fourth-order valence-electron chi connectivity index (χ4n) is 1.23. The van der Waals surface area contributed by atoms with Crippen LogP contribution in [0.2, 0.25) is 0 Å². The van der Waals surface area contributed by atoms with E-state index in [0.29, 0.717) is 4.73 Å². The smallest absolute Gasteiger partial charge is 0.209 e. The van der Waals surface area contributed by atoms with Crippen LogP contribution in [-0.2, 0) is 0 Å². The Morgan fingerprint density at radius 2 is 2.00 bits per heavy atom. The number of halogens is 1. The van der Waals surface area contributed by atoms with Crippen molar-refractivity contribution >= 4 is 27.5 Å². The quantitative estimate of drug-likeness (QED) is 0.799. The largest absolute Gasteiger partial charge is 0.258 e. The molecule has 0 atom stereocenters. The standard InChI is InChI=1S/C9H8BrN3S/c1-5-3-4-7(6(2)11-5)8-12-9(10)13-14-8/h3-4H,1-2H3. The van der Waals surface area contributed by atoms with Gasteiger partial charge >= 0.3 is 0 Å². The van der Waals surface area contributed by atoms with E-state index in [4.69, 9.17) is 0 Å². The third-order valence-corrected chi connectivity index (χ3v) is 3.19. The van der Waals surface area contributed by atoms with E-state index in [1.54, 1.807) is 0 Å². The third kappa shape index (κ3) is 1.83. The molecule has 0 fully saturated rings. The van der Waals surface area contributed by atoms with Gasteiger partial charge in [-0.25, -0.2) is 4.98 Å². The molecule has 2 rings (SSSR count). The van der Waals surface area contributed by atoms with E-state index in [2.05, 4.69) is 30.3 Å². The molecule has 2 aromatic rings. The molecule has 0 amide bonds. The minimum Gasteiger partial charge on any atom is -0.258 e. The average molecular weight is 270 g/mol. The molecule has 0 N–H and O–H groups in total. The van der Waals surface area contributed by atoms with Crippen molar-refractivity contribution in [2.75, 3.05) is 0 Å². The predicted octanol–water partition coefficient (Wildman–Crippen LogP) is 2.98. The van der Waals surface area contributed by atoms with E-state index < -0.39 is 0 Å². The van der Waals surface area contributed by atoms with Gasteiger partial charge in [0.25, 0.3) is 0 Å². The predicted molar refractivity (Wildman–Crippen MR) is 60.3 cm³/mol. The first-order chi connectivity index (χ1) is 6.66. The normalized spacial score (nSPS) is 10.5. The zero-order valence-corrected chi connectivity index (χ0v) is 10.2. The minimum absolute atomic E-state index is 0.637. The van der Waals surface area contributed by atoms with E-state index in [1.165, 1.54) is 11.5 Å². The van der Waals surface area contributed by atoms with Crippen LogP contribution < -0.4 is 0 Å². The van der Waals surface area contributed by atoms with Crippen molar-refractivity contribution < 1.29 is 0 Å². The number of aromatic nitrogens is 3. The first kappa shape index (κ1) is 9.73. The molecule has 2 heterocycles. The number of aryl methyl sites for hydroxylation is 2. The summed E-state index contributed by atoms with van der Waals surface area (Å²) in [7, 11) is 0. The molecular formula is C9H8BrN3S. The Morgan fingerprint density at radius 1 is 1.21 bits per heavy atom. The second kappa shape index (κ2) is 3.74. The third-order valence-electron chi connectivity index (χ3n) is 1.86. The number of rotatable bonds is 1. The van der Waals surface area contributed by atoms with Gasteiger partial charge in [-0.2, -0.15) is 4.37 Å². The van der Waals surface area contributed by atoms with Gasteiger partial charge in [0.05, 0.1) is 0 Å². The molecule has 0 aromatic carbocycles. The maximum atomic E-state index is 4.38. The summed E-state index contributed by atoms with van der Waals surface area (Å²) in [5.41, 5.74) is 3.07. The Bertz CT molecular complexity index is 467. The van der Waals surface area contributed by atoms with Gasteiger partial charge in [-0.15, -0.1) is 0 Å². The van der Waals surface area contributed by atoms with Gasteiger partial charge < -0.3 is 0 Å². The molecule has 0 radical (unpaired) electrons. The summed E-state index contributed by atoms with van der Waals surface area (Å²) in [6.07, 6.45) is 0. The van der Waals surface area contributed by atoms with Crippen LogP contribution in [-0.4, -0.2) is 14.3 Å². The maximum absolute atomic E-state index is 4.38. The minimum atomic E-state index is 0.637. The van der Waals surface area contributed by atoms with E-state index in [-0.39, 0.29) is 0 Å². The molecule has 0 unspecified atom stereocenters. The van der Waals surface area contributed by atoms with Crippen LogP contribution in [0.5, 0.6) is 0 Å². The van der Waals surface area contributed by atoms with Crippen LogP contribution in [0.4, 0.5) is 0 Å². The summed E-state index contributed by atoms with van der Waals surface area (Å²) in [5, 5.41) is 0.905. The molecule has 0 bridgehead atoms. The lowest BCUT2D eigenvalue weighted by molar-refractivity contribution is 1.12. The highest BCUT2D eigenvalue weighted by atomic mass is 79.9. The lowest BCUT2D eigenvalue weighted by atomic mass is 10.2. The van der Waals surface area contributed by atoms with Crippen LogP contribution >= 0.6 is 27.5 Å². The van der Waals surface area contributed by atoms with Crippen LogP contribution in [0.1, 0.15) is 11.4 Å². The molecule has 2 aromatic heterocycles. The Hall–Kier alpha value is -0.810. The molecular weight excluding hydrogens is 262 g/mol. The molecule has 0 aliphatic heterocycles. The highest BCUT2D eigenvalue weighted by molar-refractivity contribution is 9.10. The Balaban J connectivity index is 2.52. The second-order valence-electron chi connectivity index (χ2n) is 2.95. The fourth-order valence-corrected chi connectivity index (χ4v) is 2.38. The van der Waals surface area contributed by atoms with Gasteiger partial charge in [0, 0.05) is 17.0 Å². The van der Waals surface area contributed by atoms with E-state index in [9.17, 15) is 0 Å². The Kier molecular flexibility index (Phi) is 2.60. The van der Waals surface area contributed by atoms with Crippen molar-refractivity contribution in [1.82, 2.24) is 14.3 Å². The fraction of sp³-hybridized carbons (Fsp3) is 0.222. The maximum Gasteiger partial charge on any atom is 0.209 e. The van der Waals surface area contributed by atoms with Crippen molar-refractivity contribution in [3.63, 3.8) is 0 Å². The first-order valence-corrected chi connectivity index (χ1v) is 5.67. The Labute approximate surface area is 94.5 Å². The number of pyridine rings is 1. The van der Waals surface area contributed by atoms with Gasteiger partial charge in [0.1, 0.15) is 5.01 Å². The van der Waals surface area contributed by atoms with Crippen molar-refractivity contribution in [3.8, 4) is 10.6 Å². The highest BCUT2D eigenvalue weighted by Crippen LogP contribution is 2.25. The van der Waals surface area contributed by atoms with Crippen molar-refractivity contribution in [2.45, 2.75) is 13.8 Å². The van der Waals surface area contributed by atoms with Gasteiger partial charge in [-0.3, -0.25) is 4.98 Å². The van der Waals surface area contributed by atoms with Gasteiger partial charge in [0.2, 0.25) is 4.73 Å². The van der Waals surface area contributed by atoms with E-state index in [0.717, 1.165) is 22.0 Å². The van der Waals surface area contributed by atoms with Gasteiger partial charge in [0.15, 0.2) is 0 Å². The molecule has 5 heteroatoms. The lowest BCUT2D eigenvalue weighted by Gasteiger charge is -2.00. The molecule has 14 heavy (non-hydrogen) atoms. The SMILES string of the molecule is Cc1ccc(-c2nc(Br)ns2)c(C)n1. The Morgan fingerprint density at radius 3 is 2.57 bits per heavy atom. The lowest BCUT2D eigenvalue weighted by Crippen LogP contribution is -1.89. The summed E-state index contributed by atoms with van der Waals surface area (Å²) < 4.78 is 4.71. The molecule has 0 aliphatic carbocycles. The van der Waals surface area contributed by atoms with Crippen LogP contribution in [0.25, 0.3) is 10.6 Å². The zero-order chi connectivity index (χ0) is 10.1. The topological polar surface area (TPSA) is 38.7 Å². The van der Waals surface area contributed by atoms with E-state index in [1.807, 2.05) is 26.0 Å². The van der Waals surface area contributed by atoms with Crippen LogP contribution in [0.3, 0.4) is 0 Å². The summed E-state index contributed by atoms with van der Waals surface area (Å²) in [6.45, 7) is 3.96. The summed E-state index contributed by atoms with van der Waals surface area (Å²) in [6, 6.07) is 4.02. The summed E-state index contributed by atoms with van der Waals surface area (Å²) >= 11 is 4.61. The van der Waals surface area contributed by atoms with Crippen LogP contribution in [0.15, 0.2) is 16.9 Å². The molecule has 0 spiro atoms.